The molecule has 0 aromatic heterocycles. The molecule has 1 aromatic rings. The van der Waals surface area contributed by atoms with Crippen LogP contribution in [-0.4, -0.2) is 90.3 Å². The molecular formula is C24H35N3O9. The van der Waals surface area contributed by atoms with Crippen molar-refractivity contribution in [3.05, 3.63) is 30.3 Å². The van der Waals surface area contributed by atoms with Crippen LogP contribution in [0.15, 0.2) is 30.3 Å². The summed E-state index contributed by atoms with van der Waals surface area (Å²) in [7, 11) is 2.72. The third-order valence-corrected chi connectivity index (χ3v) is 5.81. The molecule has 1 aliphatic heterocycles. The van der Waals surface area contributed by atoms with E-state index >= 15 is 0 Å². The van der Waals surface area contributed by atoms with Crippen molar-refractivity contribution in [2.75, 3.05) is 38.8 Å². The van der Waals surface area contributed by atoms with Gasteiger partial charge in [0.05, 0.1) is 27.1 Å². The van der Waals surface area contributed by atoms with E-state index in [2.05, 4.69) is 9.64 Å². The Kier molecular flexibility index (Phi) is 12.5. The third-order valence-electron chi connectivity index (χ3n) is 5.81. The number of hydrogen-bond donors (Lipinski definition) is 3. The molecule has 1 fully saturated rings. The summed E-state index contributed by atoms with van der Waals surface area (Å²) >= 11 is 0. The molecule has 1 saturated heterocycles. The highest BCUT2D eigenvalue weighted by atomic mass is 16.5. The smallest absolute Gasteiger partial charge is 0.332 e. The zero-order valence-electron chi connectivity index (χ0n) is 20.8. The molecule has 12 nitrogen and oxygen atoms in total. The van der Waals surface area contributed by atoms with Crippen molar-refractivity contribution < 1.29 is 43.7 Å². The number of carboxylic acids is 2. The molecule has 0 bridgehead atoms. The average molecular weight is 510 g/mol. The molecule has 1 aromatic carbocycles. The second-order valence-electron chi connectivity index (χ2n) is 8.15. The molecule has 36 heavy (non-hydrogen) atoms. The summed E-state index contributed by atoms with van der Waals surface area (Å²) in [4.78, 5) is 60.4. The van der Waals surface area contributed by atoms with Crippen LogP contribution in [0.4, 0.5) is 5.69 Å². The van der Waals surface area contributed by atoms with Crippen molar-refractivity contribution >= 4 is 35.5 Å². The number of benzene rings is 1. The maximum Gasteiger partial charge on any atom is 0.332 e. The molecule has 12 heteroatoms. The van der Waals surface area contributed by atoms with Gasteiger partial charge in [-0.25, -0.2) is 4.79 Å². The topological polar surface area (TPSA) is 177 Å². The largest absolute Gasteiger partial charge is 0.481 e. The number of carbonyl (C=O) groups excluding carboxylic acids is 3. The van der Waals surface area contributed by atoms with Crippen LogP contribution in [0.2, 0.25) is 0 Å². The maximum atomic E-state index is 12.8. The zero-order valence-corrected chi connectivity index (χ0v) is 20.8. The van der Waals surface area contributed by atoms with Crippen molar-refractivity contribution in [3.63, 3.8) is 0 Å². The predicted octanol–water partition coefficient (Wildman–Crippen LogP) is 0.873. The second-order valence-corrected chi connectivity index (χ2v) is 8.15. The summed E-state index contributed by atoms with van der Waals surface area (Å²) < 4.78 is 9.80. The fourth-order valence-electron chi connectivity index (χ4n) is 3.85. The number of aliphatic carboxylic acids is 2. The lowest BCUT2D eigenvalue weighted by atomic mass is 9.84. The predicted molar refractivity (Wildman–Crippen MR) is 129 cm³/mol. The van der Waals surface area contributed by atoms with Crippen LogP contribution >= 0.6 is 0 Å². The number of para-hydroxylation sites is 1. The first kappa shape index (κ1) is 30.5. The monoisotopic (exact) mass is 509 g/mol. The number of anilines is 1. The SMILES string of the molecule is CCC(=O)N(c1ccccc1)C1(C(=O)OC)CCN(CCC(=O)OC)CC1.N[C@H](CC(=O)O)C(=O)O. The Morgan fingerprint density at radius 3 is 2.06 bits per heavy atom. The number of ether oxygens (including phenoxy) is 2. The molecule has 200 valence electrons. The number of rotatable bonds is 10. The van der Waals surface area contributed by atoms with Gasteiger partial charge < -0.3 is 30.3 Å². The third kappa shape index (κ3) is 8.61. The minimum absolute atomic E-state index is 0.116. The van der Waals surface area contributed by atoms with Gasteiger partial charge in [-0.2, -0.15) is 0 Å². The number of nitrogens with zero attached hydrogens (tertiary/aromatic N) is 2. The molecule has 4 N–H and O–H groups in total. The minimum atomic E-state index is -1.29. The van der Waals surface area contributed by atoms with E-state index in [1.54, 1.807) is 11.8 Å². The van der Waals surface area contributed by atoms with Crippen molar-refractivity contribution in [3.8, 4) is 0 Å². The van der Waals surface area contributed by atoms with Gasteiger partial charge in [-0.05, 0) is 25.0 Å². The second kappa shape index (κ2) is 14.8. The van der Waals surface area contributed by atoms with Crippen LogP contribution in [0.1, 0.15) is 39.0 Å². The number of nitrogens with two attached hydrogens (primary N) is 1. The fraction of sp³-hybridized carbons (Fsp3) is 0.542. The van der Waals surface area contributed by atoms with E-state index in [-0.39, 0.29) is 11.9 Å². The normalized spacial score (nSPS) is 15.4. The quantitative estimate of drug-likeness (QED) is 0.381. The van der Waals surface area contributed by atoms with Gasteiger partial charge in [0, 0.05) is 31.7 Å². The molecule has 1 atom stereocenters. The zero-order chi connectivity index (χ0) is 27.3. The Hall–Kier alpha value is -3.51. The van der Waals surface area contributed by atoms with Crippen LogP contribution in [0.3, 0.4) is 0 Å². The molecular weight excluding hydrogens is 474 g/mol. The van der Waals surface area contributed by atoms with E-state index in [9.17, 15) is 24.0 Å². The van der Waals surface area contributed by atoms with Crippen LogP contribution in [0.25, 0.3) is 0 Å². The van der Waals surface area contributed by atoms with Gasteiger partial charge >= 0.3 is 23.9 Å². The Labute approximate surface area is 209 Å². The summed E-state index contributed by atoms with van der Waals surface area (Å²) in [6, 6.07) is 7.95. The van der Waals surface area contributed by atoms with Crippen molar-refractivity contribution in [1.29, 1.82) is 0 Å². The van der Waals surface area contributed by atoms with Gasteiger partial charge in [0.2, 0.25) is 5.91 Å². The highest BCUT2D eigenvalue weighted by molar-refractivity contribution is 6.02. The van der Waals surface area contributed by atoms with Crippen LogP contribution in [0.5, 0.6) is 0 Å². The summed E-state index contributed by atoms with van der Waals surface area (Å²) in [5, 5.41) is 16.0. The van der Waals surface area contributed by atoms with E-state index in [1.807, 2.05) is 30.3 Å². The number of esters is 2. The lowest BCUT2D eigenvalue weighted by molar-refractivity contribution is -0.151. The van der Waals surface area contributed by atoms with Crippen LogP contribution in [0, 0.1) is 0 Å². The van der Waals surface area contributed by atoms with Crippen molar-refractivity contribution in [2.45, 2.75) is 50.6 Å². The van der Waals surface area contributed by atoms with Crippen molar-refractivity contribution in [1.82, 2.24) is 4.90 Å². The number of carboxylic acid groups (broad SMARTS) is 2. The Bertz CT molecular complexity index is 899. The van der Waals surface area contributed by atoms with Crippen LogP contribution < -0.4 is 10.6 Å². The van der Waals surface area contributed by atoms with Gasteiger partial charge in [0.25, 0.3) is 0 Å². The number of carbonyl (C=O) groups is 5. The first-order valence-corrected chi connectivity index (χ1v) is 11.5. The van der Waals surface area contributed by atoms with E-state index in [0.29, 0.717) is 51.0 Å². The van der Waals surface area contributed by atoms with Crippen LogP contribution in [-0.2, 0) is 33.4 Å². The molecule has 1 heterocycles. The molecule has 0 aliphatic carbocycles. The van der Waals surface area contributed by atoms with Gasteiger partial charge in [-0.15, -0.1) is 0 Å². The summed E-state index contributed by atoms with van der Waals surface area (Å²) in [6.07, 6.45) is 0.954. The van der Waals surface area contributed by atoms with Gasteiger partial charge in [0.1, 0.15) is 11.6 Å². The highest BCUT2D eigenvalue weighted by Crippen LogP contribution is 2.35. The number of amides is 1. The van der Waals surface area contributed by atoms with E-state index in [0.717, 1.165) is 0 Å². The maximum absolute atomic E-state index is 12.8. The molecule has 2 rings (SSSR count). The van der Waals surface area contributed by atoms with E-state index in [4.69, 9.17) is 20.7 Å². The first-order chi connectivity index (χ1) is 17.0. The van der Waals surface area contributed by atoms with Crippen molar-refractivity contribution in [2.24, 2.45) is 5.73 Å². The highest BCUT2D eigenvalue weighted by Gasteiger charge is 2.49. The number of likely N-dealkylation sites (tertiary alicyclic amines) is 1. The molecule has 0 unspecified atom stereocenters. The minimum Gasteiger partial charge on any atom is -0.481 e. The summed E-state index contributed by atoms with van der Waals surface area (Å²) in [5.74, 6) is -3.27. The molecule has 1 amide bonds. The van der Waals surface area contributed by atoms with E-state index < -0.39 is 35.9 Å². The Morgan fingerprint density at radius 1 is 1.06 bits per heavy atom. The van der Waals surface area contributed by atoms with Gasteiger partial charge in [-0.3, -0.25) is 24.1 Å². The lowest BCUT2D eigenvalue weighted by Crippen LogP contribution is -2.62. The Morgan fingerprint density at radius 2 is 1.64 bits per heavy atom. The number of piperidine rings is 1. The van der Waals surface area contributed by atoms with E-state index in [1.165, 1.54) is 14.2 Å². The average Bonchev–Trinajstić information content (AvgIpc) is 2.87. The summed E-state index contributed by atoms with van der Waals surface area (Å²) in [6.45, 7) is 3.53. The number of methoxy groups -OCH3 is 2. The molecule has 1 aliphatic rings. The summed E-state index contributed by atoms with van der Waals surface area (Å²) in [5.41, 5.74) is 4.49. The molecule has 0 spiro atoms. The lowest BCUT2D eigenvalue weighted by Gasteiger charge is -2.46. The molecule has 0 saturated carbocycles. The number of hydrogen-bond acceptors (Lipinski definition) is 9. The first-order valence-electron chi connectivity index (χ1n) is 11.5. The standard InChI is InChI=1S/C20H28N2O5.C4H7NO4/c1-4-17(23)22(16-8-6-5-7-9-16)20(19(25)27-3)11-14-21(15-12-20)13-10-18(24)26-2;5-2(4(8)9)1-3(6)7/h5-9H,4,10-15H2,1-3H3;2H,1,5H2,(H,6,7)(H,8,9)/t;2-/m.1/s1. The Balaban J connectivity index is 0.000000613. The van der Waals surface area contributed by atoms with Gasteiger partial charge in [0.15, 0.2) is 0 Å². The fourth-order valence-corrected chi connectivity index (χ4v) is 3.85. The molecule has 0 radical (unpaired) electrons. The van der Waals surface area contributed by atoms with Gasteiger partial charge in [-0.1, -0.05) is 25.1 Å².